The van der Waals surface area contributed by atoms with E-state index in [2.05, 4.69) is 24.9 Å². The maximum atomic E-state index is 5.75. The van der Waals surface area contributed by atoms with Crippen LogP contribution in [0, 0.1) is 6.92 Å². The molecule has 1 rings (SSSR count). The molecule has 18 heavy (non-hydrogen) atoms. The molecule has 0 saturated carbocycles. The first-order valence-corrected chi connectivity index (χ1v) is 7.23. The highest BCUT2D eigenvalue weighted by atomic mass is 16.5. The van der Waals surface area contributed by atoms with Crippen molar-refractivity contribution in [3.05, 3.63) is 30.9 Å². The molecular formula is C16H26NO. The number of ether oxygens (including phenoxy) is 1. The number of unbranched alkanes of at least 4 members (excludes halogenated alkanes) is 5. The van der Waals surface area contributed by atoms with E-state index in [1.54, 1.807) is 0 Å². The highest BCUT2D eigenvalue weighted by molar-refractivity contribution is 5.22. The molecule has 0 fully saturated rings. The molecule has 0 N–H and O–H groups in total. The van der Waals surface area contributed by atoms with Crippen molar-refractivity contribution in [1.82, 2.24) is 4.98 Å². The fourth-order valence-corrected chi connectivity index (χ4v) is 1.88. The largest absolute Gasteiger partial charge is 0.493 e. The summed E-state index contributed by atoms with van der Waals surface area (Å²) < 4.78 is 5.75. The van der Waals surface area contributed by atoms with Crippen molar-refractivity contribution in [2.75, 3.05) is 6.61 Å². The maximum absolute atomic E-state index is 5.75. The Bertz CT molecular complexity index is 312. The first-order chi connectivity index (χ1) is 8.86. The smallest absolute Gasteiger partial charge is 0.122 e. The van der Waals surface area contributed by atoms with Crippen LogP contribution in [0.25, 0.3) is 0 Å². The second kappa shape index (κ2) is 9.93. The SMILES string of the molecule is [CH2]CCCCc1cc(OCCCCCC)ccn1. The lowest BCUT2D eigenvalue weighted by atomic mass is 10.1. The van der Waals surface area contributed by atoms with Crippen molar-refractivity contribution in [3.63, 3.8) is 0 Å². The number of nitrogens with zero attached hydrogens (tertiary/aromatic N) is 1. The molecule has 0 amide bonds. The molecular weight excluding hydrogens is 222 g/mol. The van der Waals surface area contributed by atoms with Crippen LogP contribution < -0.4 is 4.74 Å². The van der Waals surface area contributed by atoms with Gasteiger partial charge in [0.15, 0.2) is 0 Å². The topological polar surface area (TPSA) is 22.1 Å². The van der Waals surface area contributed by atoms with Crippen LogP contribution in [-0.4, -0.2) is 11.6 Å². The van der Waals surface area contributed by atoms with Gasteiger partial charge in [-0.15, -0.1) is 0 Å². The average molecular weight is 248 g/mol. The third kappa shape index (κ3) is 6.63. The van der Waals surface area contributed by atoms with Crippen molar-refractivity contribution in [1.29, 1.82) is 0 Å². The Morgan fingerprint density at radius 3 is 2.83 bits per heavy atom. The van der Waals surface area contributed by atoms with Gasteiger partial charge in [-0.25, -0.2) is 0 Å². The van der Waals surface area contributed by atoms with E-state index < -0.39 is 0 Å². The van der Waals surface area contributed by atoms with Crippen LogP contribution in [-0.2, 0) is 6.42 Å². The van der Waals surface area contributed by atoms with Crippen LogP contribution in [0.4, 0.5) is 0 Å². The zero-order valence-electron chi connectivity index (χ0n) is 11.7. The molecule has 0 aromatic carbocycles. The maximum Gasteiger partial charge on any atom is 0.122 e. The fraction of sp³-hybridized carbons (Fsp3) is 0.625. The number of aromatic nitrogens is 1. The highest BCUT2D eigenvalue weighted by Gasteiger charge is 1.98. The summed E-state index contributed by atoms with van der Waals surface area (Å²) >= 11 is 0. The summed E-state index contributed by atoms with van der Waals surface area (Å²) in [5, 5.41) is 0. The average Bonchev–Trinajstić information content (AvgIpc) is 2.39. The van der Waals surface area contributed by atoms with E-state index in [1.165, 1.54) is 25.7 Å². The Morgan fingerprint density at radius 1 is 1.17 bits per heavy atom. The molecule has 1 aromatic heterocycles. The number of aryl methyl sites for hydroxylation is 1. The number of pyridine rings is 1. The molecule has 1 heterocycles. The quantitative estimate of drug-likeness (QED) is 0.565. The first-order valence-electron chi connectivity index (χ1n) is 7.23. The van der Waals surface area contributed by atoms with Crippen LogP contribution >= 0.6 is 0 Å². The van der Waals surface area contributed by atoms with E-state index in [9.17, 15) is 0 Å². The van der Waals surface area contributed by atoms with E-state index in [1.807, 2.05) is 12.3 Å². The molecule has 0 unspecified atom stereocenters. The Hall–Kier alpha value is -1.05. The minimum Gasteiger partial charge on any atom is -0.493 e. The fourth-order valence-electron chi connectivity index (χ4n) is 1.88. The number of rotatable bonds is 10. The van der Waals surface area contributed by atoms with Gasteiger partial charge in [0.1, 0.15) is 5.75 Å². The molecule has 0 spiro atoms. The molecule has 2 nitrogen and oxygen atoms in total. The van der Waals surface area contributed by atoms with Crippen LogP contribution in [0.15, 0.2) is 18.3 Å². The van der Waals surface area contributed by atoms with Crippen molar-refractivity contribution in [3.8, 4) is 5.75 Å². The van der Waals surface area contributed by atoms with Gasteiger partial charge in [0, 0.05) is 18.0 Å². The molecule has 2 heteroatoms. The molecule has 0 bridgehead atoms. The molecule has 0 atom stereocenters. The van der Waals surface area contributed by atoms with E-state index in [-0.39, 0.29) is 0 Å². The van der Waals surface area contributed by atoms with Gasteiger partial charge in [-0.1, -0.05) is 46.0 Å². The Kier molecular flexibility index (Phi) is 8.28. The van der Waals surface area contributed by atoms with E-state index >= 15 is 0 Å². The van der Waals surface area contributed by atoms with Gasteiger partial charge in [0.2, 0.25) is 0 Å². The van der Waals surface area contributed by atoms with Gasteiger partial charge in [0.05, 0.1) is 6.61 Å². The third-order valence-electron chi connectivity index (χ3n) is 2.99. The predicted molar refractivity (Wildman–Crippen MR) is 76.8 cm³/mol. The summed E-state index contributed by atoms with van der Waals surface area (Å²) in [4.78, 5) is 4.37. The number of hydrogen-bond donors (Lipinski definition) is 0. The van der Waals surface area contributed by atoms with Gasteiger partial charge in [0.25, 0.3) is 0 Å². The lowest BCUT2D eigenvalue weighted by Gasteiger charge is -2.07. The van der Waals surface area contributed by atoms with Crippen molar-refractivity contribution >= 4 is 0 Å². The minimum atomic E-state index is 0.822. The molecule has 0 aliphatic carbocycles. The normalized spacial score (nSPS) is 10.6. The molecule has 0 aliphatic rings. The van der Waals surface area contributed by atoms with Crippen LogP contribution in [0.5, 0.6) is 5.75 Å². The Labute approximate surface area is 112 Å². The van der Waals surface area contributed by atoms with E-state index in [0.29, 0.717) is 0 Å². The van der Waals surface area contributed by atoms with Crippen LogP contribution in [0.2, 0.25) is 0 Å². The second-order valence-electron chi connectivity index (χ2n) is 4.70. The van der Waals surface area contributed by atoms with Gasteiger partial charge < -0.3 is 4.74 Å². The second-order valence-corrected chi connectivity index (χ2v) is 4.70. The van der Waals surface area contributed by atoms with Crippen molar-refractivity contribution in [2.45, 2.75) is 58.3 Å². The predicted octanol–water partition coefficient (Wildman–Crippen LogP) is 4.59. The van der Waals surface area contributed by atoms with E-state index in [0.717, 1.165) is 43.7 Å². The molecule has 1 radical (unpaired) electrons. The summed E-state index contributed by atoms with van der Waals surface area (Å²) in [5.41, 5.74) is 1.13. The summed E-state index contributed by atoms with van der Waals surface area (Å²) in [7, 11) is 0. The molecule has 0 aliphatic heterocycles. The van der Waals surface area contributed by atoms with Crippen LogP contribution in [0.1, 0.15) is 57.6 Å². The van der Waals surface area contributed by atoms with Crippen molar-refractivity contribution in [2.24, 2.45) is 0 Å². The monoisotopic (exact) mass is 248 g/mol. The summed E-state index contributed by atoms with van der Waals surface area (Å²) in [6.07, 6.45) is 11.2. The summed E-state index contributed by atoms with van der Waals surface area (Å²) in [6.45, 7) is 6.90. The Morgan fingerprint density at radius 2 is 2.06 bits per heavy atom. The highest BCUT2D eigenvalue weighted by Crippen LogP contribution is 2.14. The zero-order chi connectivity index (χ0) is 13.1. The number of hydrogen-bond acceptors (Lipinski definition) is 2. The first kappa shape index (κ1) is 15.0. The Balaban J connectivity index is 2.26. The lowest BCUT2D eigenvalue weighted by molar-refractivity contribution is 0.304. The zero-order valence-corrected chi connectivity index (χ0v) is 11.7. The summed E-state index contributed by atoms with van der Waals surface area (Å²) in [5.74, 6) is 0.964. The third-order valence-corrected chi connectivity index (χ3v) is 2.99. The molecule has 1 aromatic rings. The van der Waals surface area contributed by atoms with Gasteiger partial charge >= 0.3 is 0 Å². The van der Waals surface area contributed by atoms with Crippen LogP contribution in [0.3, 0.4) is 0 Å². The standard InChI is InChI=1S/C16H26NO/c1-3-5-7-9-13-18-16-11-12-17-15(14-16)10-8-6-4-2/h11-12,14H,2-10,13H2,1H3. The van der Waals surface area contributed by atoms with Crippen molar-refractivity contribution < 1.29 is 4.74 Å². The van der Waals surface area contributed by atoms with Gasteiger partial charge in [-0.2, -0.15) is 0 Å². The molecule has 0 saturated heterocycles. The van der Waals surface area contributed by atoms with Gasteiger partial charge in [-0.3, -0.25) is 4.98 Å². The summed E-state index contributed by atoms with van der Waals surface area (Å²) in [6, 6.07) is 4.02. The minimum absolute atomic E-state index is 0.822. The van der Waals surface area contributed by atoms with Gasteiger partial charge in [-0.05, 0) is 25.3 Å². The van der Waals surface area contributed by atoms with E-state index in [4.69, 9.17) is 4.74 Å². The lowest BCUT2D eigenvalue weighted by Crippen LogP contribution is -1.99. The molecule has 101 valence electrons.